The van der Waals surface area contributed by atoms with Crippen molar-refractivity contribution in [3.8, 4) is 17.7 Å². The van der Waals surface area contributed by atoms with Gasteiger partial charge in [0.05, 0.1) is 11.6 Å². The van der Waals surface area contributed by atoms with Crippen LogP contribution in [0.2, 0.25) is 0 Å². The molecule has 0 atom stereocenters. The van der Waals surface area contributed by atoms with Crippen molar-refractivity contribution in [2.75, 3.05) is 5.73 Å². The lowest BCUT2D eigenvalue weighted by Gasteiger charge is -2.09. The minimum absolute atomic E-state index is 0.427. The Balaban J connectivity index is 2.33. The van der Waals surface area contributed by atoms with Crippen molar-refractivity contribution in [1.82, 2.24) is 4.98 Å². The highest BCUT2D eigenvalue weighted by Gasteiger charge is 2.05. The molecular weight excluding hydrogens is 226 g/mol. The van der Waals surface area contributed by atoms with Gasteiger partial charge < -0.3 is 10.5 Å². The van der Waals surface area contributed by atoms with E-state index in [-0.39, 0.29) is 0 Å². The van der Waals surface area contributed by atoms with Crippen LogP contribution in [0.3, 0.4) is 0 Å². The van der Waals surface area contributed by atoms with Gasteiger partial charge in [0.1, 0.15) is 5.75 Å². The number of pyridine rings is 1. The van der Waals surface area contributed by atoms with E-state index in [0.29, 0.717) is 22.9 Å². The third-order valence-corrected chi connectivity index (χ3v) is 2.65. The summed E-state index contributed by atoms with van der Waals surface area (Å²) in [7, 11) is 0. The van der Waals surface area contributed by atoms with E-state index >= 15 is 0 Å². The molecule has 0 amide bonds. The predicted molar refractivity (Wildman–Crippen MR) is 69.4 cm³/mol. The SMILES string of the molecule is Cc1cnc(Oc2cc(C#N)ccc2C)cc1N. The van der Waals surface area contributed by atoms with E-state index in [4.69, 9.17) is 15.7 Å². The van der Waals surface area contributed by atoms with Gasteiger partial charge in [-0.2, -0.15) is 5.26 Å². The Labute approximate surface area is 106 Å². The Bertz CT molecular complexity index is 629. The molecule has 0 radical (unpaired) electrons. The van der Waals surface area contributed by atoms with Crippen molar-refractivity contribution in [3.63, 3.8) is 0 Å². The Morgan fingerprint density at radius 3 is 2.67 bits per heavy atom. The van der Waals surface area contributed by atoms with Crippen LogP contribution in [-0.4, -0.2) is 4.98 Å². The molecule has 2 rings (SSSR count). The monoisotopic (exact) mass is 239 g/mol. The molecule has 0 aliphatic rings. The van der Waals surface area contributed by atoms with Gasteiger partial charge >= 0.3 is 0 Å². The summed E-state index contributed by atoms with van der Waals surface area (Å²) in [5, 5.41) is 8.86. The standard InChI is InChI=1S/C14H13N3O/c1-9-3-4-11(7-15)5-13(9)18-14-6-12(16)10(2)8-17-14/h3-6,8H,1-2H3,(H2,16,17). The van der Waals surface area contributed by atoms with Crippen molar-refractivity contribution in [3.05, 3.63) is 47.2 Å². The summed E-state index contributed by atoms with van der Waals surface area (Å²) in [5.41, 5.74) is 8.83. The Morgan fingerprint density at radius 2 is 2.00 bits per heavy atom. The number of aromatic nitrogens is 1. The quantitative estimate of drug-likeness (QED) is 0.874. The fraction of sp³-hybridized carbons (Fsp3) is 0.143. The Morgan fingerprint density at radius 1 is 1.22 bits per heavy atom. The number of nitriles is 1. The van der Waals surface area contributed by atoms with Crippen LogP contribution in [0.25, 0.3) is 0 Å². The van der Waals surface area contributed by atoms with Gasteiger partial charge in [0.15, 0.2) is 0 Å². The van der Waals surface area contributed by atoms with Crippen LogP contribution in [-0.2, 0) is 0 Å². The second-order valence-corrected chi connectivity index (χ2v) is 4.07. The first-order valence-corrected chi connectivity index (χ1v) is 5.51. The fourth-order valence-electron chi connectivity index (χ4n) is 1.47. The van der Waals surface area contributed by atoms with Gasteiger partial charge in [0.2, 0.25) is 5.88 Å². The van der Waals surface area contributed by atoms with Gasteiger partial charge in [0, 0.05) is 18.0 Å². The van der Waals surface area contributed by atoms with E-state index < -0.39 is 0 Å². The van der Waals surface area contributed by atoms with Crippen LogP contribution < -0.4 is 10.5 Å². The largest absolute Gasteiger partial charge is 0.439 e. The molecular formula is C14H13N3O. The van der Waals surface area contributed by atoms with Gasteiger partial charge in [0.25, 0.3) is 0 Å². The molecule has 1 aromatic carbocycles. The van der Waals surface area contributed by atoms with Crippen molar-refractivity contribution in [2.45, 2.75) is 13.8 Å². The summed E-state index contributed by atoms with van der Waals surface area (Å²) in [6.45, 7) is 3.79. The predicted octanol–water partition coefficient (Wildman–Crippen LogP) is 2.94. The molecule has 4 nitrogen and oxygen atoms in total. The first kappa shape index (κ1) is 11.9. The molecule has 4 heteroatoms. The average molecular weight is 239 g/mol. The molecule has 0 saturated carbocycles. The Hall–Kier alpha value is -2.54. The molecule has 2 N–H and O–H groups in total. The number of rotatable bonds is 2. The summed E-state index contributed by atoms with van der Waals surface area (Å²) in [5.74, 6) is 1.04. The zero-order chi connectivity index (χ0) is 13.1. The van der Waals surface area contributed by atoms with E-state index in [2.05, 4.69) is 11.1 Å². The van der Waals surface area contributed by atoms with Crippen LogP contribution in [0, 0.1) is 25.2 Å². The lowest BCUT2D eigenvalue weighted by Crippen LogP contribution is -1.95. The minimum atomic E-state index is 0.427. The van der Waals surface area contributed by atoms with E-state index in [1.54, 1.807) is 24.4 Å². The maximum absolute atomic E-state index is 8.86. The smallest absolute Gasteiger partial charge is 0.221 e. The molecule has 1 heterocycles. The van der Waals surface area contributed by atoms with E-state index in [1.807, 2.05) is 19.9 Å². The molecule has 0 saturated heterocycles. The van der Waals surface area contributed by atoms with Gasteiger partial charge in [-0.1, -0.05) is 6.07 Å². The maximum Gasteiger partial charge on any atom is 0.221 e. The number of ether oxygens (including phenoxy) is 1. The number of hydrogen-bond acceptors (Lipinski definition) is 4. The minimum Gasteiger partial charge on any atom is -0.439 e. The highest BCUT2D eigenvalue weighted by molar-refractivity contribution is 5.49. The molecule has 1 aromatic heterocycles. The molecule has 0 unspecified atom stereocenters. The van der Waals surface area contributed by atoms with Crippen molar-refractivity contribution in [2.24, 2.45) is 0 Å². The molecule has 2 aromatic rings. The number of nitrogens with zero attached hydrogens (tertiary/aromatic N) is 2. The fourth-order valence-corrected chi connectivity index (χ4v) is 1.47. The maximum atomic E-state index is 8.86. The zero-order valence-electron chi connectivity index (χ0n) is 10.3. The first-order valence-electron chi connectivity index (χ1n) is 5.51. The zero-order valence-corrected chi connectivity index (χ0v) is 10.3. The second-order valence-electron chi connectivity index (χ2n) is 4.07. The van der Waals surface area contributed by atoms with Crippen LogP contribution in [0.1, 0.15) is 16.7 Å². The van der Waals surface area contributed by atoms with Gasteiger partial charge in [-0.15, -0.1) is 0 Å². The number of nitrogen functional groups attached to an aromatic ring is 1. The molecule has 18 heavy (non-hydrogen) atoms. The summed E-state index contributed by atoms with van der Waals surface area (Å²) >= 11 is 0. The third-order valence-electron chi connectivity index (χ3n) is 2.65. The van der Waals surface area contributed by atoms with Crippen molar-refractivity contribution in [1.29, 1.82) is 5.26 Å². The van der Waals surface area contributed by atoms with Crippen molar-refractivity contribution >= 4 is 5.69 Å². The van der Waals surface area contributed by atoms with Crippen LogP contribution in [0.4, 0.5) is 5.69 Å². The molecule has 90 valence electrons. The molecule has 0 spiro atoms. The molecule has 0 aliphatic heterocycles. The van der Waals surface area contributed by atoms with E-state index in [1.165, 1.54) is 0 Å². The highest BCUT2D eigenvalue weighted by Crippen LogP contribution is 2.26. The number of nitrogens with two attached hydrogens (primary N) is 1. The second kappa shape index (κ2) is 4.76. The lowest BCUT2D eigenvalue weighted by atomic mass is 10.1. The summed E-state index contributed by atoms with van der Waals surface area (Å²) < 4.78 is 5.65. The summed E-state index contributed by atoms with van der Waals surface area (Å²) in [4.78, 5) is 4.15. The van der Waals surface area contributed by atoms with E-state index in [9.17, 15) is 0 Å². The summed E-state index contributed by atoms with van der Waals surface area (Å²) in [6, 6.07) is 9.03. The molecule has 0 aliphatic carbocycles. The average Bonchev–Trinajstić information content (AvgIpc) is 2.36. The normalized spacial score (nSPS) is 9.83. The number of hydrogen-bond donors (Lipinski definition) is 1. The number of anilines is 1. The third kappa shape index (κ3) is 2.41. The molecule has 0 fully saturated rings. The van der Waals surface area contributed by atoms with E-state index in [0.717, 1.165) is 11.1 Å². The van der Waals surface area contributed by atoms with Gasteiger partial charge in [-0.05, 0) is 37.1 Å². The molecule has 0 bridgehead atoms. The lowest BCUT2D eigenvalue weighted by molar-refractivity contribution is 0.459. The first-order chi connectivity index (χ1) is 8.60. The van der Waals surface area contributed by atoms with Gasteiger partial charge in [-0.3, -0.25) is 0 Å². The van der Waals surface area contributed by atoms with Crippen LogP contribution in [0.15, 0.2) is 30.5 Å². The number of benzene rings is 1. The van der Waals surface area contributed by atoms with Crippen molar-refractivity contribution < 1.29 is 4.74 Å². The highest BCUT2D eigenvalue weighted by atomic mass is 16.5. The topological polar surface area (TPSA) is 71.9 Å². The van der Waals surface area contributed by atoms with Gasteiger partial charge in [-0.25, -0.2) is 4.98 Å². The Kier molecular flexibility index (Phi) is 3.16. The van der Waals surface area contributed by atoms with Crippen LogP contribution >= 0.6 is 0 Å². The summed E-state index contributed by atoms with van der Waals surface area (Å²) in [6.07, 6.45) is 1.66. The number of aryl methyl sites for hydroxylation is 2. The van der Waals surface area contributed by atoms with Crippen LogP contribution in [0.5, 0.6) is 11.6 Å².